The van der Waals surface area contributed by atoms with Gasteiger partial charge in [-0.2, -0.15) is 14.9 Å². The SMILES string of the molecule is CCCC/C(C)=N\n1c(C)n[nH]c1=O. The van der Waals surface area contributed by atoms with Gasteiger partial charge in [0.15, 0.2) is 5.82 Å². The molecular formula is C9H16N4O. The maximum atomic E-state index is 11.2. The minimum Gasteiger partial charge on any atom is -0.244 e. The van der Waals surface area contributed by atoms with Crippen LogP contribution in [0.2, 0.25) is 0 Å². The molecule has 0 atom stereocenters. The zero-order valence-corrected chi connectivity index (χ0v) is 8.87. The first-order valence-corrected chi connectivity index (χ1v) is 4.83. The van der Waals surface area contributed by atoms with Crippen molar-refractivity contribution >= 4 is 5.71 Å². The zero-order chi connectivity index (χ0) is 10.6. The number of hydrogen-bond acceptors (Lipinski definition) is 3. The average Bonchev–Trinajstić information content (AvgIpc) is 2.46. The Bertz CT molecular complexity index is 374. The number of aromatic nitrogens is 3. The Morgan fingerprint density at radius 3 is 2.86 bits per heavy atom. The van der Waals surface area contributed by atoms with Crippen molar-refractivity contribution in [2.75, 3.05) is 0 Å². The predicted octanol–water partition coefficient (Wildman–Crippen LogP) is 1.29. The standard InChI is InChI=1S/C9H16N4O/c1-4-5-6-7(2)12-13-8(3)10-11-9(13)14/h4-6H2,1-3H3,(H,11,14)/b12-7-. The topological polar surface area (TPSA) is 63.0 Å². The molecule has 1 rings (SSSR count). The second-order valence-electron chi connectivity index (χ2n) is 3.33. The van der Waals surface area contributed by atoms with E-state index in [1.807, 2.05) is 6.92 Å². The summed E-state index contributed by atoms with van der Waals surface area (Å²) in [6.45, 7) is 5.80. The molecule has 0 saturated heterocycles. The van der Waals surface area contributed by atoms with E-state index in [2.05, 4.69) is 22.2 Å². The third kappa shape index (κ3) is 2.55. The van der Waals surface area contributed by atoms with Gasteiger partial charge < -0.3 is 0 Å². The highest BCUT2D eigenvalue weighted by molar-refractivity contribution is 5.81. The molecule has 0 aliphatic rings. The number of aryl methyl sites for hydroxylation is 1. The van der Waals surface area contributed by atoms with Crippen molar-refractivity contribution in [1.82, 2.24) is 14.9 Å². The second-order valence-corrected chi connectivity index (χ2v) is 3.33. The molecule has 1 aromatic rings. The Morgan fingerprint density at radius 2 is 2.36 bits per heavy atom. The smallest absolute Gasteiger partial charge is 0.244 e. The third-order valence-corrected chi connectivity index (χ3v) is 1.98. The van der Waals surface area contributed by atoms with Crippen molar-refractivity contribution in [3.05, 3.63) is 16.3 Å². The fourth-order valence-corrected chi connectivity index (χ4v) is 1.14. The molecule has 0 saturated carbocycles. The number of aromatic amines is 1. The predicted molar refractivity (Wildman–Crippen MR) is 55.6 cm³/mol. The summed E-state index contributed by atoms with van der Waals surface area (Å²) in [5.41, 5.74) is 0.678. The molecule has 0 amide bonds. The van der Waals surface area contributed by atoms with Crippen LogP contribution in [0.5, 0.6) is 0 Å². The second kappa shape index (κ2) is 4.74. The summed E-state index contributed by atoms with van der Waals surface area (Å²) in [5, 5.41) is 10.3. The van der Waals surface area contributed by atoms with E-state index in [1.165, 1.54) is 4.68 Å². The summed E-state index contributed by atoms with van der Waals surface area (Å²) >= 11 is 0. The minimum absolute atomic E-state index is 0.279. The monoisotopic (exact) mass is 196 g/mol. The van der Waals surface area contributed by atoms with Crippen molar-refractivity contribution in [1.29, 1.82) is 0 Å². The summed E-state index contributed by atoms with van der Waals surface area (Å²) in [6.07, 6.45) is 3.15. The van der Waals surface area contributed by atoms with E-state index in [-0.39, 0.29) is 5.69 Å². The molecule has 1 N–H and O–H groups in total. The van der Waals surface area contributed by atoms with Crippen LogP contribution in [0, 0.1) is 6.92 Å². The quantitative estimate of drug-likeness (QED) is 0.737. The van der Waals surface area contributed by atoms with Gasteiger partial charge in [0, 0.05) is 5.71 Å². The van der Waals surface area contributed by atoms with E-state index in [0.717, 1.165) is 25.0 Å². The van der Waals surface area contributed by atoms with Crippen LogP contribution in [-0.4, -0.2) is 20.6 Å². The van der Waals surface area contributed by atoms with Crippen LogP contribution in [0.4, 0.5) is 0 Å². The number of nitrogens with one attached hydrogen (secondary N) is 1. The maximum absolute atomic E-state index is 11.2. The average molecular weight is 196 g/mol. The van der Waals surface area contributed by atoms with Crippen LogP contribution >= 0.6 is 0 Å². The lowest BCUT2D eigenvalue weighted by molar-refractivity contribution is 0.771. The summed E-state index contributed by atoms with van der Waals surface area (Å²) in [4.78, 5) is 11.2. The van der Waals surface area contributed by atoms with Gasteiger partial charge in [-0.15, -0.1) is 0 Å². The van der Waals surface area contributed by atoms with Crippen LogP contribution < -0.4 is 5.69 Å². The lowest BCUT2D eigenvalue weighted by atomic mass is 10.2. The lowest BCUT2D eigenvalue weighted by Gasteiger charge is -1.98. The van der Waals surface area contributed by atoms with E-state index < -0.39 is 0 Å². The highest BCUT2D eigenvalue weighted by Gasteiger charge is 2.01. The largest absolute Gasteiger partial charge is 0.364 e. The Balaban J connectivity index is 2.80. The number of hydrogen-bond donors (Lipinski definition) is 1. The minimum atomic E-state index is -0.279. The van der Waals surface area contributed by atoms with Crippen LogP contribution in [0.15, 0.2) is 9.90 Å². The van der Waals surface area contributed by atoms with Gasteiger partial charge in [-0.25, -0.2) is 9.89 Å². The normalized spacial score (nSPS) is 12.1. The van der Waals surface area contributed by atoms with Crippen molar-refractivity contribution in [3.63, 3.8) is 0 Å². The Kier molecular flexibility index (Phi) is 3.62. The van der Waals surface area contributed by atoms with Crippen LogP contribution in [0.25, 0.3) is 0 Å². The van der Waals surface area contributed by atoms with Crippen molar-refractivity contribution in [3.8, 4) is 0 Å². The lowest BCUT2D eigenvalue weighted by Crippen LogP contribution is -2.15. The van der Waals surface area contributed by atoms with Gasteiger partial charge in [0.2, 0.25) is 0 Å². The number of rotatable bonds is 4. The molecule has 0 aliphatic heterocycles. The third-order valence-electron chi connectivity index (χ3n) is 1.98. The van der Waals surface area contributed by atoms with Crippen molar-refractivity contribution < 1.29 is 0 Å². The highest BCUT2D eigenvalue weighted by atomic mass is 16.2. The Labute approximate surface area is 82.8 Å². The zero-order valence-electron chi connectivity index (χ0n) is 8.87. The van der Waals surface area contributed by atoms with Crippen molar-refractivity contribution in [2.24, 2.45) is 5.10 Å². The van der Waals surface area contributed by atoms with Gasteiger partial charge in [0.25, 0.3) is 0 Å². The summed E-state index contributed by atoms with van der Waals surface area (Å²) in [5.74, 6) is 0.589. The fourth-order valence-electron chi connectivity index (χ4n) is 1.14. The summed E-state index contributed by atoms with van der Waals surface area (Å²) < 4.78 is 1.30. The molecule has 0 bridgehead atoms. The van der Waals surface area contributed by atoms with Crippen LogP contribution in [0.1, 0.15) is 38.9 Å². The van der Waals surface area contributed by atoms with Crippen LogP contribution in [0.3, 0.4) is 0 Å². The molecule has 78 valence electrons. The Hall–Kier alpha value is -1.39. The molecule has 1 heterocycles. The molecule has 0 radical (unpaired) electrons. The molecule has 0 aromatic carbocycles. The van der Waals surface area contributed by atoms with E-state index in [0.29, 0.717) is 5.82 Å². The van der Waals surface area contributed by atoms with Gasteiger partial charge in [0.05, 0.1) is 0 Å². The van der Waals surface area contributed by atoms with Gasteiger partial charge in [0.1, 0.15) is 0 Å². The van der Waals surface area contributed by atoms with Gasteiger partial charge in [-0.05, 0) is 26.7 Å². The maximum Gasteiger partial charge on any atom is 0.364 e. The number of nitrogens with zero attached hydrogens (tertiary/aromatic N) is 3. The molecule has 0 spiro atoms. The highest BCUT2D eigenvalue weighted by Crippen LogP contribution is 1.97. The molecule has 0 aliphatic carbocycles. The van der Waals surface area contributed by atoms with E-state index >= 15 is 0 Å². The number of unbranched alkanes of at least 4 members (excludes halogenated alkanes) is 1. The Morgan fingerprint density at radius 1 is 1.64 bits per heavy atom. The number of H-pyrrole nitrogens is 1. The molecular weight excluding hydrogens is 180 g/mol. The summed E-state index contributed by atoms with van der Waals surface area (Å²) in [6, 6.07) is 0. The first-order chi connectivity index (χ1) is 6.65. The molecule has 14 heavy (non-hydrogen) atoms. The van der Waals surface area contributed by atoms with Crippen molar-refractivity contribution in [2.45, 2.75) is 40.0 Å². The van der Waals surface area contributed by atoms with E-state index in [4.69, 9.17) is 0 Å². The molecule has 0 unspecified atom stereocenters. The first-order valence-electron chi connectivity index (χ1n) is 4.83. The van der Waals surface area contributed by atoms with E-state index in [1.54, 1.807) is 6.92 Å². The van der Waals surface area contributed by atoms with Gasteiger partial charge >= 0.3 is 5.69 Å². The molecule has 0 fully saturated rings. The summed E-state index contributed by atoms with van der Waals surface area (Å²) in [7, 11) is 0. The molecule has 5 nitrogen and oxygen atoms in total. The van der Waals surface area contributed by atoms with Gasteiger partial charge in [-0.1, -0.05) is 13.3 Å². The van der Waals surface area contributed by atoms with Gasteiger partial charge in [-0.3, -0.25) is 0 Å². The fraction of sp³-hybridized carbons (Fsp3) is 0.667. The van der Waals surface area contributed by atoms with E-state index in [9.17, 15) is 4.79 Å². The van der Waals surface area contributed by atoms with Crippen LogP contribution in [-0.2, 0) is 0 Å². The first kappa shape index (κ1) is 10.7. The molecule has 5 heteroatoms. The molecule has 1 aromatic heterocycles.